The van der Waals surface area contributed by atoms with E-state index < -0.39 is 35.6 Å². The third-order valence-corrected chi connectivity index (χ3v) is 8.06. The molecule has 3 aliphatic heterocycles. The molecule has 0 saturated carbocycles. The summed E-state index contributed by atoms with van der Waals surface area (Å²) >= 11 is 3.65. The monoisotopic (exact) mass is 551 g/mol. The summed E-state index contributed by atoms with van der Waals surface area (Å²) in [6.45, 7) is 7.73. The van der Waals surface area contributed by atoms with Crippen LogP contribution in [0.5, 0.6) is 5.75 Å². The van der Waals surface area contributed by atoms with Crippen LogP contribution in [0.15, 0.2) is 24.3 Å². The van der Waals surface area contributed by atoms with Gasteiger partial charge in [-0.3, -0.25) is 14.4 Å². The minimum atomic E-state index is -1.14. The second-order valence-electron chi connectivity index (χ2n) is 9.76. The van der Waals surface area contributed by atoms with Crippen LogP contribution in [0.2, 0.25) is 0 Å². The number of hydrogen-bond acceptors (Lipinski definition) is 6. The molecule has 1 aromatic carbocycles. The summed E-state index contributed by atoms with van der Waals surface area (Å²) in [5, 5.41) is 15.9. The number of fused-ring (bicyclic) bond motifs is 1. The number of halogens is 1. The van der Waals surface area contributed by atoms with Gasteiger partial charge in [0.05, 0.1) is 37.2 Å². The fourth-order valence-corrected chi connectivity index (χ4v) is 6.81. The number of aliphatic hydroxyl groups is 1. The maximum absolute atomic E-state index is 13.9. The summed E-state index contributed by atoms with van der Waals surface area (Å²) in [5.74, 6) is -1.86. The molecule has 3 saturated heterocycles. The van der Waals surface area contributed by atoms with Gasteiger partial charge in [0.1, 0.15) is 17.4 Å². The van der Waals surface area contributed by atoms with Crippen molar-refractivity contribution in [1.82, 2.24) is 10.2 Å². The van der Waals surface area contributed by atoms with Gasteiger partial charge in [0.25, 0.3) is 0 Å². The quantitative estimate of drug-likeness (QED) is 0.404. The highest BCUT2D eigenvalue weighted by atomic mass is 79.9. The van der Waals surface area contributed by atoms with E-state index in [1.54, 1.807) is 24.3 Å². The molecule has 3 aliphatic rings. The Hall–Kier alpha value is -2.17. The maximum atomic E-state index is 13.9. The van der Waals surface area contributed by atoms with E-state index in [1.807, 2.05) is 27.7 Å². The molecule has 0 aromatic heterocycles. The van der Waals surface area contributed by atoms with Gasteiger partial charge in [-0.15, -0.1) is 0 Å². The minimum Gasteiger partial charge on any atom is -0.494 e. The highest BCUT2D eigenvalue weighted by Crippen LogP contribution is 2.60. The molecule has 10 heteroatoms. The van der Waals surface area contributed by atoms with E-state index in [4.69, 9.17) is 9.47 Å². The average Bonchev–Trinajstić information content (AvgIpc) is 3.39. The Morgan fingerprint density at radius 1 is 1.26 bits per heavy atom. The molecule has 3 heterocycles. The van der Waals surface area contributed by atoms with Crippen LogP contribution in [0, 0.1) is 11.8 Å². The maximum Gasteiger partial charge on any atom is 0.246 e. The Kier molecular flexibility index (Phi) is 7.45. The van der Waals surface area contributed by atoms with Crippen molar-refractivity contribution in [2.75, 3.05) is 18.5 Å². The number of nitrogens with zero attached hydrogens (tertiary/aromatic N) is 1. The zero-order valence-corrected chi connectivity index (χ0v) is 22.1. The number of alkyl halides is 1. The topological polar surface area (TPSA) is 117 Å². The highest BCUT2D eigenvalue weighted by molar-refractivity contribution is 9.09. The lowest BCUT2D eigenvalue weighted by atomic mass is 9.70. The number of carbonyl (C=O) groups is 3. The Morgan fingerprint density at radius 2 is 1.94 bits per heavy atom. The normalized spacial score (nSPS) is 32.0. The zero-order valence-electron chi connectivity index (χ0n) is 20.5. The first-order chi connectivity index (χ1) is 16.7. The van der Waals surface area contributed by atoms with Gasteiger partial charge < -0.3 is 30.1 Å². The van der Waals surface area contributed by atoms with E-state index in [-0.39, 0.29) is 35.2 Å². The fourth-order valence-electron chi connectivity index (χ4n) is 5.86. The summed E-state index contributed by atoms with van der Waals surface area (Å²) in [5.41, 5.74) is -0.558. The molecule has 0 aliphatic carbocycles. The van der Waals surface area contributed by atoms with E-state index >= 15 is 0 Å². The van der Waals surface area contributed by atoms with Gasteiger partial charge >= 0.3 is 0 Å². The van der Waals surface area contributed by atoms with Crippen molar-refractivity contribution in [3.63, 3.8) is 0 Å². The van der Waals surface area contributed by atoms with Gasteiger partial charge in [0, 0.05) is 16.6 Å². The number of aliphatic hydroxyl groups excluding tert-OH is 1. The molecule has 9 nitrogen and oxygen atoms in total. The van der Waals surface area contributed by atoms with E-state index in [2.05, 4.69) is 26.6 Å². The van der Waals surface area contributed by atoms with Crippen LogP contribution in [0.25, 0.3) is 0 Å². The number of carbonyl (C=O) groups excluding carboxylic acids is 3. The molecule has 1 spiro atoms. The molecule has 3 unspecified atom stereocenters. The van der Waals surface area contributed by atoms with E-state index in [1.165, 1.54) is 4.90 Å². The number of ether oxygens (including phenoxy) is 2. The second kappa shape index (κ2) is 10.1. The number of rotatable bonds is 9. The van der Waals surface area contributed by atoms with E-state index in [0.717, 1.165) is 0 Å². The molecule has 7 atom stereocenters. The molecule has 4 rings (SSSR count). The smallest absolute Gasteiger partial charge is 0.246 e. The number of amides is 3. The van der Waals surface area contributed by atoms with Gasteiger partial charge in [-0.1, -0.05) is 22.9 Å². The summed E-state index contributed by atoms with van der Waals surface area (Å²) < 4.78 is 11.9. The molecule has 0 radical (unpaired) electrons. The first-order valence-electron chi connectivity index (χ1n) is 12.3. The number of benzene rings is 1. The Morgan fingerprint density at radius 3 is 2.51 bits per heavy atom. The fraction of sp³-hybridized carbons (Fsp3) is 0.640. The summed E-state index contributed by atoms with van der Waals surface area (Å²) in [6.07, 6.45) is 0.355. The zero-order chi connectivity index (χ0) is 25.5. The molecule has 35 heavy (non-hydrogen) atoms. The van der Waals surface area contributed by atoms with Gasteiger partial charge in [0.2, 0.25) is 17.7 Å². The SMILES string of the molecule is CCOc1ccc(NC(=O)[C@H]2[C@H]3C(=O)N([C@@H](CC)CO)C(C(=O)NC(C)C)C34CC(Br)[C@@H]2O4)cc1. The van der Waals surface area contributed by atoms with Crippen LogP contribution in [-0.4, -0.2) is 75.6 Å². The van der Waals surface area contributed by atoms with Crippen molar-refractivity contribution < 1.29 is 29.0 Å². The molecule has 3 fully saturated rings. The predicted octanol–water partition coefficient (Wildman–Crippen LogP) is 2.07. The van der Waals surface area contributed by atoms with Crippen LogP contribution >= 0.6 is 15.9 Å². The first kappa shape index (κ1) is 25.9. The number of anilines is 1. The lowest BCUT2D eigenvalue weighted by Crippen LogP contribution is -2.59. The van der Waals surface area contributed by atoms with E-state index in [0.29, 0.717) is 30.9 Å². The summed E-state index contributed by atoms with van der Waals surface area (Å²) in [7, 11) is 0. The molecule has 2 bridgehead atoms. The Labute approximate surface area is 214 Å². The van der Waals surface area contributed by atoms with Crippen LogP contribution in [0.3, 0.4) is 0 Å². The molecule has 3 amide bonds. The van der Waals surface area contributed by atoms with Gasteiger partial charge in [-0.2, -0.15) is 0 Å². The third kappa shape index (κ3) is 4.34. The Balaban J connectivity index is 1.67. The van der Waals surface area contributed by atoms with Gasteiger partial charge in [-0.25, -0.2) is 0 Å². The largest absolute Gasteiger partial charge is 0.494 e. The van der Waals surface area contributed by atoms with Crippen molar-refractivity contribution in [2.45, 2.75) is 75.2 Å². The molecule has 3 N–H and O–H groups in total. The number of hydrogen-bond donors (Lipinski definition) is 3. The van der Waals surface area contributed by atoms with Crippen molar-refractivity contribution in [3.8, 4) is 5.75 Å². The van der Waals surface area contributed by atoms with Crippen LogP contribution in [-0.2, 0) is 19.1 Å². The number of likely N-dealkylation sites (tertiary alicyclic amines) is 1. The van der Waals surface area contributed by atoms with Crippen molar-refractivity contribution >= 4 is 39.3 Å². The third-order valence-electron chi connectivity index (χ3n) is 7.22. The molecule has 192 valence electrons. The lowest BCUT2D eigenvalue weighted by molar-refractivity contribution is -0.145. The minimum absolute atomic E-state index is 0.138. The first-order valence-corrected chi connectivity index (χ1v) is 13.2. The standard InChI is InChI=1S/C25H34BrN3O6/c1-5-15(12-30)29-21(23(32)27-13(3)4)25-11-17(26)20(35-25)18(19(25)24(29)33)22(31)28-14-7-9-16(10-8-14)34-6-2/h7-10,13,15,17-21,30H,5-6,11-12H2,1-4H3,(H,27,32)(H,28,31)/t15-,17?,18-,19-,20-,21?,25?/m0/s1. The second-order valence-corrected chi connectivity index (χ2v) is 10.9. The molecular formula is C25H34BrN3O6. The molecular weight excluding hydrogens is 518 g/mol. The van der Waals surface area contributed by atoms with Crippen molar-refractivity contribution in [2.24, 2.45) is 11.8 Å². The van der Waals surface area contributed by atoms with Crippen LogP contribution in [0.1, 0.15) is 40.5 Å². The summed E-state index contributed by atoms with van der Waals surface area (Å²) in [4.78, 5) is 42.1. The summed E-state index contributed by atoms with van der Waals surface area (Å²) in [6, 6.07) is 5.43. The van der Waals surface area contributed by atoms with Crippen molar-refractivity contribution in [1.29, 1.82) is 0 Å². The van der Waals surface area contributed by atoms with Crippen molar-refractivity contribution in [3.05, 3.63) is 24.3 Å². The average molecular weight is 552 g/mol. The van der Waals surface area contributed by atoms with Crippen LogP contribution < -0.4 is 15.4 Å². The van der Waals surface area contributed by atoms with Crippen LogP contribution in [0.4, 0.5) is 5.69 Å². The Bertz CT molecular complexity index is 968. The number of nitrogens with one attached hydrogen (secondary N) is 2. The molecule has 1 aromatic rings. The highest BCUT2D eigenvalue weighted by Gasteiger charge is 2.77. The van der Waals surface area contributed by atoms with Gasteiger partial charge in [-0.05, 0) is 57.9 Å². The predicted molar refractivity (Wildman–Crippen MR) is 133 cm³/mol. The van der Waals surface area contributed by atoms with E-state index in [9.17, 15) is 19.5 Å². The van der Waals surface area contributed by atoms with Gasteiger partial charge in [0.15, 0.2) is 0 Å². The lowest BCUT2D eigenvalue weighted by Gasteiger charge is -2.37.